The Morgan fingerprint density at radius 2 is 0.548 bits per heavy atom. The van der Waals surface area contributed by atoms with Crippen molar-refractivity contribution in [1.82, 2.24) is 0 Å². The van der Waals surface area contributed by atoms with E-state index >= 15 is 0 Å². The molecule has 0 fully saturated rings. The van der Waals surface area contributed by atoms with Crippen molar-refractivity contribution in [2.24, 2.45) is 0 Å². The first kappa shape index (κ1) is 69.3. The molecule has 0 rings (SSSR count). The van der Waals surface area contributed by atoms with Gasteiger partial charge in [-0.15, -0.1) is 0 Å². The molecule has 6 nitrogen and oxygen atoms in total. The smallest absolute Gasteiger partial charge is 0.306 e. The third kappa shape index (κ3) is 59.1. The van der Waals surface area contributed by atoms with Gasteiger partial charge in [-0.1, -0.05) is 253 Å². The zero-order valence-corrected chi connectivity index (χ0v) is 47.9. The number of allylic oxidation sites excluding steroid dienone is 16. The summed E-state index contributed by atoms with van der Waals surface area (Å²) < 4.78 is 16.9. The molecule has 0 heterocycles. The minimum atomic E-state index is -0.807. The van der Waals surface area contributed by atoms with Gasteiger partial charge in [0.05, 0.1) is 0 Å². The largest absolute Gasteiger partial charge is 0.462 e. The van der Waals surface area contributed by atoms with Crippen LogP contribution in [0.4, 0.5) is 0 Å². The molecular formula is C67H114O6. The molecule has 0 N–H and O–H groups in total. The van der Waals surface area contributed by atoms with Crippen LogP contribution in [-0.4, -0.2) is 37.2 Å². The van der Waals surface area contributed by atoms with Crippen LogP contribution in [0.3, 0.4) is 0 Å². The lowest BCUT2D eigenvalue weighted by Crippen LogP contribution is -2.30. The quantitative estimate of drug-likeness (QED) is 0.0261. The molecule has 0 aliphatic rings. The van der Waals surface area contributed by atoms with Crippen LogP contribution in [0.1, 0.15) is 290 Å². The molecule has 0 radical (unpaired) electrons. The molecule has 0 bridgehead atoms. The summed E-state index contributed by atoms with van der Waals surface area (Å²) in [7, 11) is 0. The second kappa shape index (κ2) is 60.9. The first-order valence-corrected chi connectivity index (χ1v) is 30.7. The molecule has 0 aliphatic heterocycles. The zero-order chi connectivity index (χ0) is 52.9. The number of unbranched alkanes of at least 4 members (excludes halogenated alkanes) is 28. The molecule has 0 spiro atoms. The number of carbonyl (C=O) groups excluding carboxylic acids is 3. The Hall–Kier alpha value is -3.67. The SMILES string of the molecule is CC/C=C\C/C=C\C/C=C\C/C=C\C/C=C\CCCC(=O)OC[C@H](COC(=O)CCCCCCCCCCCCC/C=C\CCCCCCCC)OC(=O)CCCCCCCCC/C=C\C/C=C\CCCCC. The molecule has 0 unspecified atom stereocenters. The van der Waals surface area contributed by atoms with Crippen LogP contribution in [-0.2, 0) is 28.6 Å². The number of esters is 3. The van der Waals surface area contributed by atoms with E-state index in [2.05, 4.69) is 118 Å². The lowest BCUT2D eigenvalue weighted by Gasteiger charge is -2.18. The van der Waals surface area contributed by atoms with Crippen molar-refractivity contribution in [3.63, 3.8) is 0 Å². The highest BCUT2D eigenvalue weighted by Gasteiger charge is 2.19. The standard InChI is InChI=1S/C67H114O6/c1-4-7-10-13-16-19-22-25-28-31-32-33-34-37-39-42-45-48-51-54-57-60-66(69)72-63-64(73-67(70)61-58-55-52-49-46-43-40-36-30-27-24-21-18-15-12-9-6-3)62-71-65(68)59-56-53-50-47-44-41-38-35-29-26-23-20-17-14-11-8-5-2/h8,11,17-18,20-21,25-30,38,41,47,50,64H,4-7,9-10,12-16,19,22-24,31-37,39-40,42-46,48-49,51-63H2,1-3H3/b11-8-,20-17-,21-18-,28-25-,29-26-,30-27-,41-38-,50-47-/t64-/m1/s1. The van der Waals surface area contributed by atoms with Crippen LogP contribution >= 0.6 is 0 Å². The highest BCUT2D eigenvalue weighted by molar-refractivity contribution is 5.71. The Labute approximate surface area is 451 Å². The second-order valence-corrected chi connectivity index (χ2v) is 20.2. The van der Waals surface area contributed by atoms with Crippen LogP contribution in [0, 0.1) is 0 Å². The van der Waals surface area contributed by atoms with E-state index in [1.54, 1.807) is 0 Å². The number of hydrogen-bond donors (Lipinski definition) is 0. The Morgan fingerprint density at radius 3 is 0.932 bits per heavy atom. The normalized spacial score (nSPS) is 12.8. The van der Waals surface area contributed by atoms with E-state index in [0.717, 1.165) is 89.9 Å². The molecule has 418 valence electrons. The topological polar surface area (TPSA) is 78.9 Å². The molecule has 6 heteroatoms. The maximum absolute atomic E-state index is 12.9. The molecule has 0 saturated carbocycles. The zero-order valence-electron chi connectivity index (χ0n) is 47.9. The van der Waals surface area contributed by atoms with Gasteiger partial charge in [-0.2, -0.15) is 0 Å². The summed E-state index contributed by atoms with van der Waals surface area (Å²) in [4.78, 5) is 38.3. The van der Waals surface area contributed by atoms with Gasteiger partial charge in [0.2, 0.25) is 0 Å². The first-order chi connectivity index (χ1) is 36.0. The van der Waals surface area contributed by atoms with Crippen LogP contribution in [0.25, 0.3) is 0 Å². The van der Waals surface area contributed by atoms with Gasteiger partial charge in [0.25, 0.3) is 0 Å². The molecule has 1 atom stereocenters. The summed E-state index contributed by atoms with van der Waals surface area (Å²) in [5, 5.41) is 0. The van der Waals surface area contributed by atoms with E-state index in [1.165, 1.54) is 154 Å². The first-order valence-electron chi connectivity index (χ1n) is 30.7. The summed E-state index contributed by atoms with van der Waals surface area (Å²) in [6, 6.07) is 0. The third-order valence-electron chi connectivity index (χ3n) is 13.0. The van der Waals surface area contributed by atoms with E-state index in [9.17, 15) is 14.4 Å². The van der Waals surface area contributed by atoms with E-state index in [4.69, 9.17) is 14.2 Å². The molecule has 0 saturated heterocycles. The van der Waals surface area contributed by atoms with E-state index in [1.807, 2.05) is 0 Å². The minimum absolute atomic E-state index is 0.0984. The van der Waals surface area contributed by atoms with Gasteiger partial charge in [0, 0.05) is 19.3 Å². The molecule has 0 aromatic rings. The fourth-order valence-corrected chi connectivity index (χ4v) is 8.44. The Bertz CT molecular complexity index is 1440. The number of carbonyl (C=O) groups is 3. The molecule has 73 heavy (non-hydrogen) atoms. The summed E-state index contributed by atoms with van der Waals surface area (Å²) in [6.45, 7) is 6.46. The summed E-state index contributed by atoms with van der Waals surface area (Å²) in [6.07, 6.45) is 81.2. The van der Waals surface area contributed by atoms with Crippen LogP contribution in [0.5, 0.6) is 0 Å². The van der Waals surface area contributed by atoms with Gasteiger partial charge >= 0.3 is 17.9 Å². The molecule has 0 aliphatic carbocycles. The average Bonchev–Trinajstić information content (AvgIpc) is 3.39. The highest BCUT2D eigenvalue weighted by atomic mass is 16.6. The number of hydrogen-bond acceptors (Lipinski definition) is 6. The van der Waals surface area contributed by atoms with Crippen LogP contribution in [0.15, 0.2) is 97.2 Å². The molecule has 0 aromatic carbocycles. The van der Waals surface area contributed by atoms with E-state index < -0.39 is 6.10 Å². The maximum atomic E-state index is 12.9. The maximum Gasteiger partial charge on any atom is 0.306 e. The van der Waals surface area contributed by atoms with Crippen molar-refractivity contribution in [2.75, 3.05) is 13.2 Å². The highest BCUT2D eigenvalue weighted by Crippen LogP contribution is 2.15. The van der Waals surface area contributed by atoms with Gasteiger partial charge in [-0.05, 0) is 116 Å². The van der Waals surface area contributed by atoms with Crippen LogP contribution < -0.4 is 0 Å². The lowest BCUT2D eigenvalue weighted by atomic mass is 10.0. The average molecular weight is 1020 g/mol. The van der Waals surface area contributed by atoms with Crippen molar-refractivity contribution in [1.29, 1.82) is 0 Å². The third-order valence-corrected chi connectivity index (χ3v) is 13.0. The van der Waals surface area contributed by atoms with Crippen molar-refractivity contribution in [3.05, 3.63) is 97.2 Å². The predicted octanol–water partition coefficient (Wildman–Crippen LogP) is 20.9. The van der Waals surface area contributed by atoms with Crippen molar-refractivity contribution >= 4 is 17.9 Å². The van der Waals surface area contributed by atoms with Crippen molar-refractivity contribution < 1.29 is 28.6 Å². The Kier molecular flexibility index (Phi) is 57.8. The van der Waals surface area contributed by atoms with Gasteiger partial charge in [-0.3, -0.25) is 14.4 Å². The summed E-state index contributed by atoms with van der Waals surface area (Å²) in [5.41, 5.74) is 0. The van der Waals surface area contributed by atoms with Crippen LogP contribution in [0.2, 0.25) is 0 Å². The second-order valence-electron chi connectivity index (χ2n) is 20.2. The van der Waals surface area contributed by atoms with Gasteiger partial charge in [0.15, 0.2) is 6.10 Å². The summed E-state index contributed by atoms with van der Waals surface area (Å²) >= 11 is 0. The predicted molar refractivity (Wildman–Crippen MR) is 316 cm³/mol. The molecule has 0 aromatic heterocycles. The lowest BCUT2D eigenvalue weighted by molar-refractivity contribution is -0.167. The van der Waals surface area contributed by atoms with Gasteiger partial charge in [0.1, 0.15) is 13.2 Å². The minimum Gasteiger partial charge on any atom is -0.462 e. The number of ether oxygens (including phenoxy) is 3. The van der Waals surface area contributed by atoms with Gasteiger partial charge < -0.3 is 14.2 Å². The molecule has 0 amide bonds. The number of rotatable bonds is 55. The Morgan fingerprint density at radius 1 is 0.288 bits per heavy atom. The Balaban J connectivity index is 4.44. The summed E-state index contributed by atoms with van der Waals surface area (Å²) in [5.74, 6) is -0.961. The van der Waals surface area contributed by atoms with E-state index in [-0.39, 0.29) is 37.5 Å². The molecular weight excluding hydrogens is 901 g/mol. The van der Waals surface area contributed by atoms with E-state index in [0.29, 0.717) is 19.3 Å². The monoisotopic (exact) mass is 1010 g/mol. The van der Waals surface area contributed by atoms with Crippen molar-refractivity contribution in [2.45, 2.75) is 297 Å². The van der Waals surface area contributed by atoms with Crippen molar-refractivity contribution in [3.8, 4) is 0 Å². The fraction of sp³-hybridized carbons (Fsp3) is 0.716. The van der Waals surface area contributed by atoms with Gasteiger partial charge in [-0.25, -0.2) is 0 Å². The fourth-order valence-electron chi connectivity index (χ4n) is 8.44.